The molecule has 10 heteroatoms. The molecule has 1 heterocycles. The van der Waals surface area contributed by atoms with Gasteiger partial charge in [0, 0.05) is 11.6 Å². The third-order valence-corrected chi connectivity index (χ3v) is 7.40. The van der Waals surface area contributed by atoms with Gasteiger partial charge in [-0.25, -0.2) is 4.57 Å². The summed E-state index contributed by atoms with van der Waals surface area (Å²) < 4.78 is 32.7. The molecule has 0 bridgehead atoms. The first-order valence-corrected chi connectivity index (χ1v) is 13.6. The Kier molecular flexibility index (Phi) is 7.05. The van der Waals surface area contributed by atoms with E-state index in [0.717, 1.165) is 24.1 Å². The molecule has 0 atom stereocenters. The van der Waals surface area contributed by atoms with Crippen LogP contribution in [0.15, 0.2) is 42.5 Å². The lowest BCUT2D eigenvalue weighted by Crippen LogP contribution is -2.25. The number of benzene rings is 2. The van der Waals surface area contributed by atoms with Gasteiger partial charge in [-0.1, -0.05) is 24.3 Å². The quantitative estimate of drug-likeness (QED) is 0.254. The number of fused-ring (bicyclic) bond motifs is 1. The van der Waals surface area contributed by atoms with Crippen LogP contribution >= 0.6 is 20.0 Å². The third kappa shape index (κ3) is 5.98. The van der Waals surface area contributed by atoms with E-state index >= 15 is 0 Å². The number of phosphoric acid groups is 1. The first-order valence-electron chi connectivity index (χ1n) is 11.8. The molecule has 2 N–H and O–H groups in total. The molecule has 0 radical (unpaired) electrons. The minimum atomic E-state index is -4.02. The smallest absolute Gasteiger partial charge is 0.507 e. The van der Waals surface area contributed by atoms with Crippen LogP contribution in [0.5, 0.6) is 11.5 Å². The van der Waals surface area contributed by atoms with Crippen molar-refractivity contribution in [2.45, 2.75) is 65.6 Å². The molecule has 192 valence electrons. The van der Waals surface area contributed by atoms with Crippen molar-refractivity contribution in [1.82, 2.24) is 14.8 Å². The Bertz CT molecular complexity index is 1390. The van der Waals surface area contributed by atoms with Crippen LogP contribution in [0.4, 0.5) is 0 Å². The predicted octanol–water partition coefficient (Wildman–Crippen LogP) is 7.38. The van der Waals surface area contributed by atoms with Crippen LogP contribution in [0.25, 0.3) is 23.2 Å². The van der Waals surface area contributed by atoms with Gasteiger partial charge in [0.25, 0.3) is 0 Å². The highest BCUT2D eigenvalue weighted by atomic mass is 32.1. The molecule has 0 unspecified atom stereocenters. The maximum Gasteiger partial charge on any atom is 0.531 e. The number of allylic oxidation sites excluding steroid dienone is 1. The number of phenols is 1. The summed E-state index contributed by atoms with van der Waals surface area (Å²) in [4.78, 5) is 0. The molecule has 36 heavy (non-hydrogen) atoms. The summed E-state index contributed by atoms with van der Waals surface area (Å²) in [6, 6.07) is 10.7. The Hall–Kier alpha value is -2.71. The minimum absolute atomic E-state index is 0.124. The number of aromatic amines is 1. The second-order valence-corrected chi connectivity index (χ2v) is 12.4. The van der Waals surface area contributed by atoms with Gasteiger partial charge in [0.05, 0.1) is 22.5 Å². The Labute approximate surface area is 216 Å². The molecule has 3 aromatic rings. The van der Waals surface area contributed by atoms with Crippen LogP contribution in [-0.4, -0.2) is 31.1 Å². The first-order chi connectivity index (χ1) is 16.7. The SMILES string of the molecule is CC(C)(C)OP(=O)(Oc1ccc(-c2n[nH]c(=S)n2-c2cccc3c2C=CCC3)c(O)c1)OC(C)(C)C. The fourth-order valence-corrected chi connectivity index (χ4v) is 6.01. The Morgan fingerprint density at radius 2 is 1.78 bits per heavy atom. The fraction of sp³-hybridized carbons (Fsp3) is 0.385. The lowest BCUT2D eigenvalue weighted by molar-refractivity contribution is 0.0224. The van der Waals surface area contributed by atoms with E-state index < -0.39 is 19.0 Å². The zero-order chi connectivity index (χ0) is 26.3. The van der Waals surface area contributed by atoms with Gasteiger partial charge in [-0.05, 0) is 90.4 Å². The van der Waals surface area contributed by atoms with Crippen molar-refractivity contribution in [1.29, 1.82) is 0 Å². The van der Waals surface area contributed by atoms with Crippen molar-refractivity contribution in [2.24, 2.45) is 0 Å². The summed E-state index contributed by atoms with van der Waals surface area (Å²) in [6.07, 6.45) is 6.16. The molecule has 1 aromatic heterocycles. The molecule has 0 amide bonds. The third-order valence-electron chi connectivity index (χ3n) is 5.15. The van der Waals surface area contributed by atoms with E-state index in [9.17, 15) is 9.67 Å². The van der Waals surface area contributed by atoms with Gasteiger partial charge < -0.3 is 9.63 Å². The van der Waals surface area contributed by atoms with E-state index in [-0.39, 0.29) is 11.5 Å². The van der Waals surface area contributed by atoms with E-state index in [4.69, 9.17) is 25.8 Å². The largest absolute Gasteiger partial charge is 0.531 e. The van der Waals surface area contributed by atoms with Gasteiger partial charge in [-0.15, -0.1) is 0 Å². The van der Waals surface area contributed by atoms with Gasteiger partial charge in [0.2, 0.25) is 0 Å². The lowest BCUT2D eigenvalue weighted by atomic mass is 9.96. The average Bonchev–Trinajstić information content (AvgIpc) is 3.11. The van der Waals surface area contributed by atoms with Gasteiger partial charge in [-0.2, -0.15) is 5.10 Å². The number of phenolic OH excluding ortho intramolecular Hbond substituents is 1. The molecule has 1 aliphatic carbocycles. The first kappa shape index (κ1) is 26.4. The highest BCUT2D eigenvalue weighted by Gasteiger charge is 2.39. The van der Waals surface area contributed by atoms with Crippen molar-refractivity contribution in [3.63, 3.8) is 0 Å². The van der Waals surface area contributed by atoms with Gasteiger partial charge in [-0.3, -0.25) is 18.7 Å². The van der Waals surface area contributed by atoms with Crippen molar-refractivity contribution < 1.29 is 23.2 Å². The summed E-state index contributed by atoms with van der Waals surface area (Å²) in [5.74, 6) is 0.450. The molecule has 4 rings (SSSR count). The molecule has 0 fully saturated rings. The predicted molar refractivity (Wildman–Crippen MR) is 143 cm³/mol. The van der Waals surface area contributed by atoms with E-state index in [1.54, 1.807) is 58.2 Å². The summed E-state index contributed by atoms with van der Waals surface area (Å²) in [7, 11) is -4.02. The molecule has 0 saturated carbocycles. The van der Waals surface area contributed by atoms with Crippen LogP contribution in [0.1, 0.15) is 59.1 Å². The number of hydrogen-bond acceptors (Lipinski definition) is 7. The highest BCUT2D eigenvalue weighted by Crippen LogP contribution is 2.55. The average molecular weight is 530 g/mol. The number of nitrogens with one attached hydrogen (secondary N) is 1. The van der Waals surface area contributed by atoms with Crippen LogP contribution in [0.3, 0.4) is 0 Å². The second kappa shape index (κ2) is 9.63. The summed E-state index contributed by atoms with van der Waals surface area (Å²) in [5, 5.41) is 18.2. The minimum Gasteiger partial charge on any atom is -0.507 e. The molecular formula is C26H32N3O5PS. The van der Waals surface area contributed by atoms with Crippen molar-refractivity contribution in [3.05, 3.63) is 58.4 Å². The van der Waals surface area contributed by atoms with Crippen molar-refractivity contribution in [3.8, 4) is 28.6 Å². The normalized spacial score (nSPS) is 14.1. The Balaban J connectivity index is 1.72. The second-order valence-electron chi connectivity index (χ2n) is 10.6. The summed E-state index contributed by atoms with van der Waals surface area (Å²) in [6.45, 7) is 10.6. The molecule has 0 aliphatic heterocycles. The zero-order valence-electron chi connectivity index (χ0n) is 21.4. The van der Waals surface area contributed by atoms with Gasteiger partial charge >= 0.3 is 7.82 Å². The number of H-pyrrole nitrogens is 1. The number of rotatable bonds is 6. The van der Waals surface area contributed by atoms with E-state index in [2.05, 4.69) is 28.4 Å². The van der Waals surface area contributed by atoms with E-state index in [1.807, 2.05) is 12.1 Å². The standard InChI is InChI=1S/C26H32N3O5PS/c1-25(2,3)33-35(31,34-26(4,5)6)32-18-14-15-20(22(30)16-18)23-27-28-24(36)29(23)21-13-9-11-17-10-7-8-12-19(17)21/h8-9,11-16,30H,7,10H2,1-6H3,(H,28,36). The van der Waals surface area contributed by atoms with Crippen molar-refractivity contribution in [2.75, 3.05) is 0 Å². The number of phosphoric ester groups is 1. The lowest BCUT2D eigenvalue weighted by Gasteiger charge is -2.30. The molecule has 0 spiro atoms. The van der Waals surface area contributed by atoms with Crippen molar-refractivity contribution >= 4 is 26.1 Å². The topological polar surface area (TPSA) is 98.6 Å². The molecule has 8 nitrogen and oxygen atoms in total. The van der Waals surface area contributed by atoms with Crippen LogP contribution in [-0.2, 0) is 20.0 Å². The Morgan fingerprint density at radius 3 is 2.42 bits per heavy atom. The number of aromatic hydroxyl groups is 1. The van der Waals surface area contributed by atoms with Crippen LogP contribution in [0, 0.1) is 4.77 Å². The van der Waals surface area contributed by atoms with E-state index in [0.29, 0.717) is 16.2 Å². The molecular weight excluding hydrogens is 497 g/mol. The number of aryl methyl sites for hydroxylation is 1. The van der Waals surface area contributed by atoms with E-state index in [1.165, 1.54) is 11.6 Å². The maximum atomic E-state index is 13.5. The maximum absolute atomic E-state index is 13.5. The number of nitrogens with zero attached hydrogens (tertiary/aromatic N) is 2. The molecule has 0 saturated heterocycles. The number of aromatic nitrogens is 3. The molecule has 2 aromatic carbocycles. The Morgan fingerprint density at radius 1 is 1.08 bits per heavy atom. The monoisotopic (exact) mass is 529 g/mol. The van der Waals surface area contributed by atoms with Gasteiger partial charge in [0.15, 0.2) is 10.6 Å². The summed E-state index contributed by atoms with van der Waals surface area (Å²) in [5.41, 5.74) is 2.03. The zero-order valence-corrected chi connectivity index (χ0v) is 23.1. The highest BCUT2D eigenvalue weighted by molar-refractivity contribution is 7.71. The number of hydrogen-bond donors (Lipinski definition) is 2. The van der Waals surface area contributed by atoms with Crippen LogP contribution in [0.2, 0.25) is 0 Å². The molecule has 1 aliphatic rings. The summed E-state index contributed by atoms with van der Waals surface area (Å²) >= 11 is 5.55. The van der Waals surface area contributed by atoms with Gasteiger partial charge in [0.1, 0.15) is 11.5 Å². The van der Waals surface area contributed by atoms with Crippen LogP contribution < -0.4 is 4.52 Å². The fourth-order valence-electron chi connectivity index (χ4n) is 3.96.